The van der Waals surface area contributed by atoms with Crippen LogP contribution in [0, 0.1) is 5.82 Å². The first-order valence-electron chi connectivity index (χ1n) is 10.7. The number of likely N-dealkylation sites (tertiary alicyclic amines) is 1. The Balaban J connectivity index is 1.23. The Morgan fingerprint density at radius 2 is 1.88 bits per heavy atom. The molecule has 1 atom stereocenters. The molecule has 5 rings (SSSR count). The Bertz CT molecular complexity index is 1250. The Labute approximate surface area is 189 Å². The molecule has 33 heavy (non-hydrogen) atoms. The molecule has 8 nitrogen and oxygen atoms in total. The first-order chi connectivity index (χ1) is 16.2. The van der Waals surface area contributed by atoms with Crippen molar-refractivity contribution in [1.29, 1.82) is 0 Å². The zero-order chi connectivity index (χ0) is 22.6. The van der Waals surface area contributed by atoms with Crippen LogP contribution in [0.2, 0.25) is 0 Å². The highest BCUT2D eigenvalue weighted by atomic mass is 19.1. The van der Waals surface area contributed by atoms with Crippen molar-refractivity contribution in [3.63, 3.8) is 0 Å². The summed E-state index contributed by atoms with van der Waals surface area (Å²) in [5.74, 6) is 0.705. The number of nitrogens with zero attached hydrogens (tertiary/aromatic N) is 5. The molecule has 0 aliphatic carbocycles. The van der Waals surface area contributed by atoms with Gasteiger partial charge in [-0.3, -0.25) is 5.32 Å². The molecule has 9 heteroatoms. The number of rotatable bonds is 4. The van der Waals surface area contributed by atoms with E-state index in [0.29, 0.717) is 36.2 Å². The van der Waals surface area contributed by atoms with Crippen LogP contribution in [0.5, 0.6) is 0 Å². The molecule has 0 spiro atoms. The van der Waals surface area contributed by atoms with Crippen LogP contribution in [0.25, 0.3) is 22.6 Å². The molecule has 3 heterocycles. The number of nitrogens with one attached hydrogen (secondary N) is 1. The SMILES string of the molecule is O=C(Nc1ccc(-c2ccccc2)nn1)N1CCCC(c2nc(-c3cccc(F)c3)no2)C1. The van der Waals surface area contributed by atoms with Gasteiger partial charge in [0.05, 0.1) is 11.6 Å². The number of hydrogen-bond acceptors (Lipinski definition) is 6. The molecule has 2 aromatic heterocycles. The largest absolute Gasteiger partial charge is 0.339 e. The van der Waals surface area contributed by atoms with Gasteiger partial charge in [-0.15, -0.1) is 10.2 Å². The number of urea groups is 1. The van der Waals surface area contributed by atoms with E-state index in [1.165, 1.54) is 12.1 Å². The van der Waals surface area contributed by atoms with Gasteiger partial charge in [-0.05, 0) is 37.1 Å². The molecule has 166 valence electrons. The molecule has 1 aliphatic rings. The van der Waals surface area contributed by atoms with E-state index in [4.69, 9.17) is 4.52 Å². The summed E-state index contributed by atoms with van der Waals surface area (Å²) >= 11 is 0. The minimum Gasteiger partial charge on any atom is -0.339 e. The molecule has 4 aromatic rings. The number of piperidine rings is 1. The second kappa shape index (κ2) is 9.15. The van der Waals surface area contributed by atoms with E-state index in [-0.39, 0.29) is 17.8 Å². The second-order valence-electron chi connectivity index (χ2n) is 7.85. The van der Waals surface area contributed by atoms with Crippen LogP contribution in [-0.2, 0) is 0 Å². The minimum absolute atomic E-state index is 0.0918. The monoisotopic (exact) mass is 444 g/mol. The van der Waals surface area contributed by atoms with Gasteiger partial charge in [-0.1, -0.05) is 47.6 Å². The quantitative estimate of drug-likeness (QED) is 0.488. The molecule has 1 N–H and O–H groups in total. The lowest BCUT2D eigenvalue weighted by Gasteiger charge is -2.30. The van der Waals surface area contributed by atoms with E-state index >= 15 is 0 Å². The molecular weight excluding hydrogens is 423 g/mol. The molecule has 0 bridgehead atoms. The third kappa shape index (κ3) is 4.72. The van der Waals surface area contributed by atoms with Gasteiger partial charge in [-0.2, -0.15) is 4.98 Å². The Kier molecular flexibility index (Phi) is 5.75. The third-order valence-corrected chi connectivity index (χ3v) is 5.55. The summed E-state index contributed by atoms with van der Waals surface area (Å²) in [6.07, 6.45) is 1.62. The van der Waals surface area contributed by atoms with Crippen molar-refractivity contribution in [1.82, 2.24) is 25.2 Å². The smallest absolute Gasteiger partial charge is 0.323 e. The highest BCUT2D eigenvalue weighted by Gasteiger charge is 2.29. The van der Waals surface area contributed by atoms with Crippen LogP contribution in [0.1, 0.15) is 24.7 Å². The predicted octanol–water partition coefficient (Wildman–Crippen LogP) is 4.74. The number of benzene rings is 2. The van der Waals surface area contributed by atoms with Crippen LogP contribution in [0.3, 0.4) is 0 Å². The second-order valence-corrected chi connectivity index (χ2v) is 7.85. The van der Waals surface area contributed by atoms with Crippen LogP contribution in [0.4, 0.5) is 15.0 Å². The van der Waals surface area contributed by atoms with Crippen molar-refractivity contribution in [2.45, 2.75) is 18.8 Å². The summed E-state index contributed by atoms with van der Waals surface area (Å²) in [6, 6.07) is 19.1. The number of aromatic nitrogens is 4. The molecule has 2 aromatic carbocycles. The van der Waals surface area contributed by atoms with Gasteiger partial charge in [0, 0.05) is 24.2 Å². The number of carbonyl (C=O) groups is 1. The van der Waals surface area contributed by atoms with Crippen molar-refractivity contribution in [2.75, 3.05) is 18.4 Å². The summed E-state index contributed by atoms with van der Waals surface area (Å²) in [7, 11) is 0. The van der Waals surface area contributed by atoms with Crippen molar-refractivity contribution in [2.24, 2.45) is 0 Å². The zero-order valence-electron chi connectivity index (χ0n) is 17.7. The standard InChI is InChI=1S/C24H21FN6O2/c25-19-10-4-8-17(14-19)22-27-23(33-30-22)18-9-5-13-31(15-18)24(32)26-21-12-11-20(28-29-21)16-6-2-1-3-7-16/h1-4,6-8,10-12,14,18H,5,9,13,15H2,(H,26,29,32). The maximum Gasteiger partial charge on any atom is 0.323 e. The van der Waals surface area contributed by atoms with Crippen LogP contribution in [-0.4, -0.2) is 44.4 Å². The molecule has 1 unspecified atom stereocenters. The lowest BCUT2D eigenvalue weighted by molar-refractivity contribution is 0.184. The maximum absolute atomic E-state index is 13.5. The lowest BCUT2D eigenvalue weighted by atomic mass is 9.98. The summed E-state index contributed by atoms with van der Waals surface area (Å²) in [6.45, 7) is 1.05. The first kappa shape index (κ1) is 20.7. The normalized spacial score (nSPS) is 15.9. The van der Waals surface area contributed by atoms with Gasteiger partial charge < -0.3 is 9.42 Å². The number of hydrogen-bond donors (Lipinski definition) is 1. The van der Waals surface area contributed by atoms with E-state index in [1.54, 1.807) is 23.1 Å². The first-order valence-corrected chi connectivity index (χ1v) is 10.7. The Morgan fingerprint density at radius 3 is 2.67 bits per heavy atom. The molecule has 0 saturated carbocycles. The fraction of sp³-hybridized carbons (Fsp3) is 0.208. The number of carbonyl (C=O) groups excluding carboxylic acids is 1. The van der Waals surface area contributed by atoms with Crippen molar-refractivity contribution >= 4 is 11.8 Å². The highest BCUT2D eigenvalue weighted by Crippen LogP contribution is 2.28. The van der Waals surface area contributed by atoms with E-state index in [0.717, 1.165) is 24.1 Å². The summed E-state index contributed by atoms with van der Waals surface area (Å²) < 4.78 is 18.9. The van der Waals surface area contributed by atoms with Crippen molar-refractivity contribution in [3.8, 4) is 22.6 Å². The van der Waals surface area contributed by atoms with E-state index in [9.17, 15) is 9.18 Å². The molecular formula is C24H21FN6O2. The van der Waals surface area contributed by atoms with Crippen molar-refractivity contribution in [3.05, 3.63) is 78.4 Å². The number of amides is 2. The molecule has 0 radical (unpaired) electrons. The summed E-state index contributed by atoms with van der Waals surface area (Å²) in [5.41, 5.74) is 2.24. The van der Waals surface area contributed by atoms with Crippen LogP contribution in [0.15, 0.2) is 71.3 Å². The highest BCUT2D eigenvalue weighted by molar-refractivity contribution is 5.88. The van der Waals surface area contributed by atoms with E-state index in [1.807, 2.05) is 36.4 Å². The Hall–Kier alpha value is -4.14. The van der Waals surface area contributed by atoms with Gasteiger partial charge in [-0.25, -0.2) is 9.18 Å². The number of halogens is 1. The number of anilines is 1. The van der Waals surface area contributed by atoms with Crippen molar-refractivity contribution < 1.29 is 13.7 Å². The average molecular weight is 444 g/mol. The fourth-order valence-electron chi connectivity index (χ4n) is 3.86. The third-order valence-electron chi connectivity index (χ3n) is 5.55. The van der Waals surface area contributed by atoms with Gasteiger partial charge >= 0.3 is 6.03 Å². The van der Waals surface area contributed by atoms with E-state index in [2.05, 4.69) is 25.7 Å². The lowest BCUT2D eigenvalue weighted by Crippen LogP contribution is -2.41. The van der Waals surface area contributed by atoms with Gasteiger partial charge in [0.2, 0.25) is 11.7 Å². The molecule has 1 aliphatic heterocycles. The average Bonchev–Trinajstić information content (AvgIpc) is 3.36. The molecule has 1 fully saturated rings. The fourth-order valence-corrected chi connectivity index (χ4v) is 3.86. The topological polar surface area (TPSA) is 97.0 Å². The van der Waals surface area contributed by atoms with Crippen LogP contribution < -0.4 is 5.32 Å². The van der Waals surface area contributed by atoms with Crippen LogP contribution >= 0.6 is 0 Å². The zero-order valence-corrected chi connectivity index (χ0v) is 17.7. The Morgan fingerprint density at radius 1 is 1.03 bits per heavy atom. The summed E-state index contributed by atoms with van der Waals surface area (Å²) in [4.78, 5) is 18.9. The van der Waals surface area contributed by atoms with E-state index < -0.39 is 0 Å². The molecule has 2 amide bonds. The summed E-state index contributed by atoms with van der Waals surface area (Å²) in [5, 5.41) is 15.1. The van der Waals surface area contributed by atoms with Gasteiger partial charge in [0.25, 0.3) is 0 Å². The van der Waals surface area contributed by atoms with Gasteiger partial charge in [0.15, 0.2) is 5.82 Å². The predicted molar refractivity (Wildman–Crippen MR) is 120 cm³/mol. The minimum atomic E-state index is -0.362. The maximum atomic E-state index is 13.5. The van der Waals surface area contributed by atoms with Gasteiger partial charge in [0.1, 0.15) is 5.82 Å². The molecule has 1 saturated heterocycles.